The fourth-order valence-corrected chi connectivity index (χ4v) is 2.83. The van der Waals surface area contributed by atoms with Gasteiger partial charge in [-0.1, -0.05) is 13.8 Å². The quantitative estimate of drug-likeness (QED) is 0.724. The second kappa shape index (κ2) is 7.07. The smallest absolute Gasteiger partial charge is 0.0522 e. The Kier molecular flexibility index (Phi) is 6.06. The van der Waals surface area contributed by atoms with Gasteiger partial charge in [0.15, 0.2) is 0 Å². The predicted molar refractivity (Wildman–Crippen MR) is 76.6 cm³/mol. The summed E-state index contributed by atoms with van der Waals surface area (Å²) in [4.78, 5) is 0. The van der Waals surface area contributed by atoms with Crippen molar-refractivity contribution in [1.29, 1.82) is 0 Å². The molecule has 1 N–H and O–H groups in total. The molecular weight excluding hydrogens is 230 g/mol. The molecule has 0 aliphatic rings. The van der Waals surface area contributed by atoms with Gasteiger partial charge in [0.2, 0.25) is 0 Å². The Morgan fingerprint density at radius 2 is 2.12 bits per heavy atom. The lowest BCUT2D eigenvalue weighted by Gasteiger charge is -2.30. The van der Waals surface area contributed by atoms with Gasteiger partial charge in [-0.25, -0.2) is 0 Å². The normalized spacial score (nSPS) is 12.0. The number of rotatable bonds is 8. The summed E-state index contributed by atoms with van der Waals surface area (Å²) in [6.45, 7) is 6.70. The molecule has 0 aliphatic carbocycles. The third kappa shape index (κ3) is 4.36. The fraction of sp³-hybridized carbons (Fsp3) is 0.769. The lowest BCUT2D eigenvalue weighted by molar-refractivity contribution is 0.497. The molecule has 0 saturated carbocycles. The van der Waals surface area contributed by atoms with Crippen LogP contribution >= 0.6 is 11.8 Å². The number of aromatic nitrogens is 2. The van der Waals surface area contributed by atoms with Crippen LogP contribution in [0.25, 0.3) is 0 Å². The molecule has 1 rings (SSSR count). The van der Waals surface area contributed by atoms with Crippen LogP contribution in [0.5, 0.6) is 0 Å². The van der Waals surface area contributed by atoms with E-state index in [1.165, 1.54) is 18.4 Å². The molecule has 98 valence electrons. The fourth-order valence-electron chi connectivity index (χ4n) is 2.01. The highest BCUT2D eigenvalue weighted by molar-refractivity contribution is 8.00. The summed E-state index contributed by atoms with van der Waals surface area (Å²) in [6, 6.07) is 0. The minimum absolute atomic E-state index is 0.412. The van der Waals surface area contributed by atoms with Crippen LogP contribution in [0.4, 0.5) is 0 Å². The van der Waals surface area contributed by atoms with Crippen LogP contribution in [0.1, 0.15) is 32.3 Å². The molecule has 1 heterocycles. The largest absolute Gasteiger partial charge is 0.315 e. The van der Waals surface area contributed by atoms with Gasteiger partial charge in [-0.2, -0.15) is 16.9 Å². The van der Waals surface area contributed by atoms with Gasteiger partial charge in [0.05, 0.1) is 6.20 Å². The minimum atomic E-state index is 0.412. The highest BCUT2D eigenvalue weighted by atomic mass is 32.2. The molecule has 0 aliphatic heterocycles. The van der Waals surface area contributed by atoms with E-state index in [1.807, 2.05) is 29.7 Å². The Morgan fingerprint density at radius 1 is 1.41 bits per heavy atom. The van der Waals surface area contributed by atoms with Crippen LogP contribution in [0, 0.1) is 0 Å². The monoisotopic (exact) mass is 255 g/mol. The van der Waals surface area contributed by atoms with Crippen molar-refractivity contribution in [2.45, 2.75) is 37.9 Å². The van der Waals surface area contributed by atoms with E-state index in [0.29, 0.717) is 4.75 Å². The number of nitrogens with one attached hydrogen (secondary N) is 1. The minimum Gasteiger partial charge on any atom is -0.315 e. The van der Waals surface area contributed by atoms with E-state index in [4.69, 9.17) is 0 Å². The maximum absolute atomic E-state index is 4.18. The van der Waals surface area contributed by atoms with E-state index in [1.54, 1.807) is 0 Å². The Hall–Kier alpha value is -0.480. The molecular formula is C13H25N3S. The van der Waals surface area contributed by atoms with Crippen LogP contribution in [-0.2, 0) is 13.5 Å². The highest BCUT2D eigenvalue weighted by Crippen LogP contribution is 2.29. The maximum Gasteiger partial charge on any atom is 0.0522 e. The molecule has 4 heteroatoms. The van der Waals surface area contributed by atoms with Gasteiger partial charge in [0.25, 0.3) is 0 Å². The standard InChI is InChI=1S/C13H25N3S/c1-5-13(6-2,17-4)11-14-8-7-12-9-15-16(3)10-12/h9-10,14H,5-8,11H2,1-4H3. The van der Waals surface area contributed by atoms with Crippen molar-refractivity contribution in [2.75, 3.05) is 19.3 Å². The molecule has 0 unspecified atom stereocenters. The first-order chi connectivity index (χ1) is 8.15. The van der Waals surface area contributed by atoms with E-state index >= 15 is 0 Å². The second-order valence-corrected chi connectivity index (χ2v) is 5.82. The first-order valence-corrected chi connectivity index (χ1v) is 7.61. The van der Waals surface area contributed by atoms with Gasteiger partial charge in [0, 0.05) is 24.5 Å². The van der Waals surface area contributed by atoms with Gasteiger partial charge in [-0.3, -0.25) is 4.68 Å². The number of thioether (sulfide) groups is 1. The summed E-state index contributed by atoms with van der Waals surface area (Å²) in [5.41, 5.74) is 1.31. The predicted octanol–water partition coefficient (Wildman–Crippen LogP) is 2.47. The van der Waals surface area contributed by atoms with Gasteiger partial charge < -0.3 is 5.32 Å². The molecule has 3 nitrogen and oxygen atoms in total. The summed E-state index contributed by atoms with van der Waals surface area (Å²) >= 11 is 1.99. The first kappa shape index (κ1) is 14.6. The average Bonchev–Trinajstić information content (AvgIpc) is 2.76. The SMILES string of the molecule is CCC(CC)(CNCCc1cnn(C)c1)SC. The lowest BCUT2D eigenvalue weighted by atomic mass is 10.0. The molecule has 0 radical (unpaired) electrons. The third-order valence-corrected chi connectivity index (χ3v) is 5.11. The summed E-state index contributed by atoms with van der Waals surface area (Å²) in [5.74, 6) is 0. The Labute approximate surface area is 109 Å². The molecule has 0 amide bonds. The van der Waals surface area contributed by atoms with Gasteiger partial charge in [0.1, 0.15) is 0 Å². The third-order valence-electron chi connectivity index (χ3n) is 3.52. The molecule has 17 heavy (non-hydrogen) atoms. The zero-order valence-electron chi connectivity index (χ0n) is 11.5. The topological polar surface area (TPSA) is 29.9 Å². The van der Waals surface area contributed by atoms with Crippen LogP contribution < -0.4 is 5.32 Å². The molecule has 0 atom stereocenters. The molecule has 0 saturated heterocycles. The number of nitrogens with zero attached hydrogens (tertiary/aromatic N) is 2. The van der Waals surface area contributed by atoms with Crippen molar-refractivity contribution >= 4 is 11.8 Å². The van der Waals surface area contributed by atoms with E-state index in [-0.39, 0.29) is 0 Å². The van der Waals surface area contributed by atoms with Crippen molar-refractivity contribution in [3.63, 3.8) is 0 Å². The molecule has 0 spiro atoms. The number of aryl methyl sites for hydroxylation is 1. The molecule has 0 bridgehead atoms. The van der Waals surface area contributed by atoms with Crippen molar-refractivity contribution in [2.24, 2.45) is 7.05 Å². The molecule has 1 aromatic rings. The second-order valence-electron chi connectivity index (χ2n) is 4.54. The van der Waals surface area contributed by atoms with Crippen molar-refractivity contribution < 1.29 is 0 Å². The van der Waals surface area contributed by atoms with Crippen LogP contribution in [0.3, 0.4) is 0 Å². The molecule has 0 aromatic carbocycles. The van der Waals surface area contributed by atoms with Gasteiger partial charge >= 0.3 is 0 Å². The van der Waals surface area contributed by atoms with E-state index < -0.39 is 0 Å². The first-order valence-electron chi connectivity index (χ1n) is 6.39. The van der Waals surface area contributed by atoms with Crippen LogP contribution in [0.2, 0.25) is 0 Å². The summed E-state index contributed by atoms with van der Waals surface area (Å²) in [7, 11) is 1.96. The summed E-state index contributed by atoms with van der Waals surface area (Å²) in [6.07, 6.45) is 9.77. The van der Waals surface area contributed by atoms with Crippen LogP contribution in [0.15, 0.2) is 12.4 Å². The van der Waals surface area contributed by atoms with Crippen molar-refractivity contribution in [3.8, 4) is 0 Å². The zero-order valence-corrected chi connectivity index (χ0v) is 12.3. The average molecular weight is 255 g/mol. The van der Waals surface area contributed by atoms with E-state index in [2.05, 4.69) is 36.7 Å². The maximum atomic E-state index is 4.18. The lowest BCUT2D eigenvalue weighted by Crippen LogP contribution is -2.37. The number of hydrogen-bond donors (Lipinski definition) is 1. The summed E-state index contributed by atoms with van der Waals surface area (Å²) < 4.78 is 2.27. The Balaban J connectivity index is 2.27. The van der Waals surface area contributed by atoms with E-state index in [9.17, 15) is 0 Å². The number of hydrogen-bond acceptors (Lipinski definition) is 3. The van der Waals surface area contributed by atoms with E-state index in [0.717, 1.165) is 19.5 Å². The highest BCUT2D eigenvalue weighted by Gasteiger charge is 2.23. The Morgan fingerprint density at radius 3 is 2.59 bits per heavy atom. The molecule has 0 fully saturated rings. The summed E-state index contributed by atoms with van der Waals surface area (Å²) in [5, 5.41) is 7.76. The van der Waals surface area contributed by atoms with Crippen molar-refractivity contribution in [3.05, 3.63) is 18.0 Å². The Bertz CT molecular complexity index is 310. The molecule has 1 aromatic heterocycles. The van der Waals surface area contributed by atoms with Gasteiger partial charge in [-0.05, 0) is 37.6 Å². The zero-order chi connectivity index (χ0) is 12.7. The van der Waals surface area contributed by atoms with Crippen molar-refractivity contribution in [1.82, 2.24) is 15.1 Å². The van der Waals surface area contributed by atoms with Crippen LogP contribution in [-0.4, -0.2) is 33.9 Å². The van der Waals surface area contributed by atoms with Gasteiger partial charge in [-0.15, -0.1) is 0 Å².